The van der Waals surface area contributed by atoms with Gasteiger partial charge in [0.25, 0.3) is 0 Å². The number of benzene rings is 1. The number of amides is 1. The summed E-state index contributed by atoms with van der Waals surface area (Å²) in [6, 6.07) is 6.81. The van der Waals surface area contributed by atoms with Gasteiger partial charge < -0.3 is 10.2 Å². The van der Waals surface area contributed by atoms with Gasteiger partial charge in [0.15, 0.2) is 0 Å². The Morgan fingerprint density at radius 1 is 1.04 bits per heavy atom. The zero-order chi connectivity index (χ0) is 17.6. The van der Waals surface area contributed by atoms with E-state index in [1.807, 2.05) is 6.07 Å². The maximum absolute atomic E-state index is 12.1. The molecule has 1 aromatic heterocycles. The van der Waals surface area contributed by atoms with Crippen LogP contribution < -0.4 is 10.2 Å². The lowest BCUT2D eigenvalue weighted by Gasteiger charge is -2.34. The Balaban J connectivity index is 1.43. The van der Waals surface area contributed by atoms with Crippen LogP contribution in [0.2, 0.25) is 10.0 Å². The number of carbonyl (C=O) groups excluding carboxylic acids is 1. The predicted molar refractivity (Wildman–Crippen MR) is 100 cm³/mol. The van der Waals surface area contributed by atoms with Crippen molar-refractivity contribution in [1.29, 1.82) is 0 Å². The monoisotopic (exact) mass is 379 g/mol. The van der Waals surface area contributed by atoms with Crippen molar-refractivity contribution in [2.24, 2.45) is 0 Å². The fourth-order valence-electron chi connectivity index (χ4n) is 2.74. The molecule has 6 nitrogen and oxygen atoms in total. The zero-order valence-corrected chi connectivity index (χ0v) is 15.2. The summed E-state index contributed by atoms with van der Waals surface area (Å²) < 4.78 is 0. The van der Waals surface area contributed by atoms with E-state index in [1.165, 1.54) is 0 Å². The maximum atomic E-state index is 12.1. The van der Waals surface area contributed by atoms with E-state index in [1.54, 1.807) is 30.6 Å². The van der Waals surface area contributed by atoms with Crippen molar-refractivity contribution in [2.45, 2.75) is 6.42 Å². The molecule has 1 aromatic carbocycles. The lowest BCUT2D eigenvalue weighted by Crippen LogP contribution is -2.47. The Hall–Kier alpha value is -1.89. The van der Waals surface area contributed by atoms with E-state index in [9.17, 15) is 4.79 Å². The van der Waals surface area contributed by atoms with Gasteiger partial charge in [0.1, 0.15) is 0 Å². The SMILES string of the molecule is O=C(CCN1CCN(c2ncccn2)CC1)Nc1cc(Cl)cc(Cl)c1. The number of rotatable bonds is 5. The molecule has 1 fully saturated rings. The van der Waals surface area contributed by atoms with Crippen LogP contribution in [0.4, 0.5) is 11.6 Å². The molecule has 2 heterocycles. The molecule has 1 aliphatic heterocycles. The molecule has 1 saturated heterocycles. The van der Waals surface area contributed by atoms with E-state index < -0.39 is 0 Å². The number of nitrogens with one attached hydrogen (secondary N) is 1. The summed E-state index contributed by atoms with van der Waals surface area (Å²) in [5.74, 6) is 0.713. The van der Waals surface area contributed by atoms with E-state index in [2.05, 4.69) is 25.1 Å². The average molecular weight is 380 g/mol. The lowest BCUT2D eigenvalue weighted by molar-refractivity contribution is -0.116. The van der Waals surface area contributed by atoms with E-state index >= 15 is 0 Å². The van der Waals surface area contributed by atoms with Gasteiger partial charge in [-0.1, -0.05) is 23.2 Å². The van der Waals surface area contributed by atoms with Crippen LogP contribution in [0.1, 0.15) is 6.42 Å². The van der Waals surface area contributed by atoms with Gasteiger partial charge >= 0.3 is 0 Å². The Morgan fingerprint density at radius 3 is 2.32 bits per heavy atom. The van der Waals surface area contributed by atoms with Gasteiger partial charge in [0, 0.05) is 67.3 Å². The number of carbonyl (C=O) groups is 1. The van der Waals surface area contributed by atoms with Gasteiger partial charge in [-0.05, 0) is 24.3 Å². The molecule has 0 aliphatic carbocycles. The Kier molecular flexibility index (Phi) is 6.07. The van der Waals surface area contributed by atoms with Crippen LogP contribution in [0.3, 0.4) is 0 Å². The second-order valence-electron chi connectivity index (χ2n) is 5.83. The van der Waals surface area contributed by atoms with E-state index in [-0.39, 0.29) is 5.91 Å². The number of hydrogen-bond acceptors (Lipinski definition) is 5. The number of nitrogens with zero attached hydrogens (tertiary/aromatic N) is 4. The quantitative estimate of drug-likeness (QED) is 0.864. The van der Waals surface area contributed by atoms with Crippen molar-refractivity contribution in [3.05, 3.63) is 46.7 Å². The molecule has 0 spiro atoms. The number of aromatic nitrogens is 2. The van der Waals surface area contributed by atoms with Crippen LogP contribution in [-0.2, 0) is 4.79 Å². The van der Waals surface area contributed by atoms with Gasteiger partial charge in [-0.25, -0.2) is 9.97 Å². The molecule has 8 heteroatoms. The number of anilines is 2. The third-order valence-corrected chi connectivity index (χ3v) is 4.45. The first-order chi connectivity index (χ1) is 12.1. The third-order valence-electron chi connectivity index (χ3n) is 4.01. The highest BCUT2D eigenvalue weighted by molar-refractivity contribution is 6.35. The molecular formula is C17H19Cl2N5O. The minimum atomic E-state index is -0.0489. The molecule has 3 rings (SSSR count). The van der Waals surface area contributed by atoms with Gasteiger partial charge in [-0.15, -0.1) is 0 Å². The molecule has 1 aliphatic rings. The summed E-state index contributed by atoms with van der Waals surface area (Å²) in [4.78, 5) is 25.1. The highest BCUT2D eigenvalue weighted by atomic mass is 35.5. The topological polar surface area (TPSA) is 61.4 Å². The molecule has 0 bridgehead atoms. The normalized spacial score (nSPS) is 15.2. The van der Waals surface area contributed by atoms with Crippen molar-refractivity contribution < 1.29 is 4.79 Å². The molecule has 0 radical (unpaired) electrons. The minimum Gasteiger partial charge on any atom is -0.338 e. The highest BCUT2D eigenvalue weighted by Crippen LogP contribution is 2.22. The van der Waals surface area contributed by atoms with Crippen molar-refractivity contribution >= 4 is 40.7 Å². The summed E-state index contributed by atoms with van der Waals surface area (Å²) in [6.07, 6.45) is 3.92. The van der Waals surface area contributed by atoms with Crippen LogP contribution in [0.15, 0.2) is 36.7 Å². The second kappa shape index (κ2) is 8.47. The van der Waals surface area contributed by atoms with E-state index in [0.717, 1.165) is 32.1 Å². The number of halogens is 2. The summed E-state index contributed by atoms with van der Waals surface area (Å²) in [6.45, 7) is 4.19. The minimum absolute atomic E-state index is 0.0489. The molecule has 25 heavy (non-hydrogen) atoms. The molecule has 0 unspecified atom stereocenters. The third kappa shape index (κ3) is 5.29. The van der Waals surface area contributed by atoms with Crippen molar-refractivity contribution in [3.63, 3.8) is 0 Å². The summed E-state index contributed by atoms with van der Waals surface area (Å²) >= 11 is 11.9. The summed E-state index contributed by atoms with van der Waals surface area (Å²) in [5, 5.41) is 3.84. The number of hydrogen-bond donors (Lipinski definition) is 1. The van der Waals surface area contributed by atoms with E-state index in [4.69, 9.17) is 23.2 Å². The molecule has 0 saturated carbocycles. The molecular weight excluding hydrogens is 361 g/mol. The largest absolute Gasteiger partial charge is 0.338 e. The summed E-state index contributed by atoms with van der Waals surface area (Å²) in [7, 11) is 0. The standard InChI is InChI=1S/C17H19Cl2N5O/c18-13-10-14(19)12-15(11-13)22-16(25)2-5-23-6-8-24(9-7-23)17-20-3-1-4-21-17/h1,3-4,10-12H,2,5-9H2,(H,22,25). The predicted octanol–water partition coefficient (Wildman–Crippen LogP) is 2.93. The van der Waals surface area contributed by atoms with Gasteiger partial charge in [-0.3, -0.25) is 9.69 Å². The van der Waals surface area contributed by atoms with Gasteiger partial charge in [0.05, 0.1) is 0 Å². The molecule has 1 N–H and O–H groups in total. The lowest BCUT2D eigenvalue weighted by atomic mass is 10.2. The maximum Gasteiger partial charge on any atom is 0.225 e. The van der Waals surface area contributed by atoms with Crippen molar-refractivity contribution in [3.8, 4) is 0 Å². The first kappa shape index (κ1) is 17.9. The Morgan fingerprint density at radius 2 is 1.68 bits per heavy atom. The second-order valence-corrected chi connectivity index (χ2v) is 6.71. The average Bonchev–Trinajstić information content (AvgIpc) is 2.60. The fraction of sp³-hybridized carbons (Fsp3) is 0.353. The highest BCUT2D eigenvalue weighted by Gasteiger charge is 2.19. The van der Waals surface area contributed by atoms with Crippen LogP contribution in [0.5, 0.6) is 0 Å². The van der Waals surface area contributed by atoms with Crippen molar-refractivity contribution in [1.82, 2.24) is 14.9 Å². The smallest absolute Gasteiger partial charge is 0.225 e. The Bertz CT molecular complexity index is 700. The molecule has 132 valence electrons. The summed E-state index contributed by atoms with van der Waals surface area (Å²) in [5.41, 5.74) is 0.619. The Labute approximate surface area is 156 Å². The zero-order valence-electron chi connectivity index (χ0n) is 13.7. The van der Waals surface area contributed by atoms with Crippen LogP contribution in [0.25, 0.3) is 0 Å². The number of piperazine rings is 1. The van der Waals surface area contributed by atoms with Crippen molar-refractivity contribution in [2.75, 3.05) is 42.9 Å². The van der Waals surface area contributed by atoms with Gasteiger partial charge in [-0.2, -0.15) is 0 Å². The first-order valence-electron chi connectivity index (χ1n) is 8.10. The van der Waals surface area contributed by atoms with Crippen LogP contribution >= 0.6 is 23.2 Å². The van der Waals surface area contributed by atoms with Crippen LogP contribution in [-0.4, -0.2) is 53.5 Å². The van der Waals surface area contributed by atoms with Gasteiger partial charge in [0.2, 0.25) is 11.9 Å². The molecule has 2 aromatic rings. The fourth-order valence-corrected chi connectivity index (χ4v) is 3.26. The van der Waals surface area contributed by atoms with E-state index in [0.29, 0.717) is 28.7 Å². The van der Waals surface area contributed by atoms with Crippen LogP contribution in [0, 0.1) is 0 Å². The first-order valence-corrected chi connectivity index (χ1v) is 8.86. The molecule has 1 amide bonds. The molecule has 0 atom stereocenters.